The largest absolute Gasteiger partial charge is 0.618 e. The fraction of sp³-hybridized carbons (Fsp3) is 0.0667. The van der Waals surface area contributed by atoms with Gasteiger partial charge in [0.25, 0.3) is 0 Å². The molecule has 0 unspecified atom stereocenters. The zero-order valence-electron chi connectivity index (χ0n) is 11.3. The highest BCUT2D eigenvalue weighted by Gasteiger charge is 2.14. The summed E-state index contributed by atoms with van der Waals surface area (Å²) >= 11 is 11.1. The summed E-state index contributed by atoms with van der Waals surface area (Å²) in [6.45, 7) is 0.123. The van der Waals surface area contributed by atoms with Gasteiger partial charge < -0.3 is 9.94 Å². The lowest BCUT2D eigenvalue weighted by Gasteiger charge is -2.09. The van der Waals surface area contributed by atoms with Crippen LogP contribution in [0.5, 0.6) is 0 Å². The molecule has 0 bridgehead atoms. The number of carbonyl (C=O) groups excluding carboxylic acids is 1. The van der Waals surface area contributed by atoms with Crippen molar-refractivity contribution in [3.63, 3.8) is 0 Å². The molecule has 2 aromatic rings. The van der Waals surface area contributed by atoms with E-state index in [1.54, 1.807) is 6.07 Å². The number of anilines is 1. The van der Waals surface area contributed by atoms with E-state index in [9.17, 15) is 10.0 Å². The Hall–Kier alpha value is -2.24. The summed E-state index contributed by atoms with van der Waals surface area (Å²) < 4.78 is 5.52. The van der Waals surface area contributed by atoms with E-state index >= 15 is 0 Å². The molecule has 0 aliphatic heterocycles. The molecule has 1 heterocycles. The van der Waals surface area contributed by atoms with Gasteiger partial charge in [-0.25, -0.2) is 4.79 Å². The van der Waals surface area contributed by atoms with Gasteiger partial charge in [0.15, 0.2) is 6.20 Å². The highest BCUT2D eigenvalue weighted by atomic mass is 35.5. The van der Waals surface area contributed by atoms with Crippen molar-refractivity contribution in [1.82, 2.24) is 0 Å². The topological polar surface area (TPSA) is 65.3 Å². The molecule has 1 amide bonds. The summed E-state index contributed by atoms with van der Waals surface area (Å²) in [6, 6.07) is 12.3. The van der Waals surface area contributed by atoms with Gasteiger partial charge in [-0.05, 0) is 11.6 Å². The van der Waals surface area contributed by atoms with E-state index in [-0.39, 0.29) is 22.5 Å². The Morgan fingerprint density at radius 1 is 1.23 bits per heavy atom. The number of halogens is 2. The van der Waals surface area contributed by atoms with E-state index in [1.165, 1.54) is 18.3 Å². The number of benzene rings is 1. The first-order valence-corrected chi connectivity index (χ1v) is 7.04. The Bertz CT molecular complexity index is 686. The fourth-order valence-corrected chi connectivity index (χ4v) is 1.93. The Balaban J connectivity index is 2.06. The van der Waals surface area contributed by atoms with Gasteiger partial charge in [-0.3, -0.25) is 5.32 Å². The van der Waals surface area contributed by atoms with Crippen molar-refractivity contribution in [2.45, 2.75) is 6.61 Å². The number of hydrogen-bond acceptors (Lipinski definition) is 3. The third-order valence-corrected chi connectivity index (χ3v) is 2.91. The minimum absolute atomic E-state index is 0.100. The number of rotatable bonds is 4. The normalized spacial score (nSPS) is 9.91. The number of nitrogens with one attached hydrogen (secondary N) is 1. The van der Waals surface area contributed by atoms with Crippen molar-refractivity contribution in [1.29, 1.82) is 0 Å². The zero-order valence-corrected chi connectivity index (χ0v) is 12.8. The summed E-state index contributed by atoms with van der Waals surface area (Å²) in [5, 5.41) is 14.2. The van der Waals surface area contributed by atoms with E-state index in [0.29, 0.717) is 4.73 Å². The molecule has 5 nitrogen and oxygen atoms in total. The second-order valence-electron chi connectivity index (χ2n) is 4.25. The lowest BCUT2D eigenvalue weighted by Crippen LogP contribution is -2.31. The molecule has 0 saturated heterocycles. The van der Waals surface area contributed by atoms with Crippen molar-refractivity contribution < 1.29 is 14.3 Å². The fourth-order valence-electron chi connectivity index (χ4n) is 1.72. The molecule has 0 spiro atoms. The van der Waals surface area contributed by atoms with Crippen molar-refractivity contribution in [3.8, 4) is 0 Å². The second-order valence-corrected chi connectivity index (χ2v) is 5.26. The minimum Gasteiger partial charge on any atom is -0.618 e. The first-order valence-electron chi connectivity index (χ1n) is 6.29. The lowest BCUT2D eigenvalue weighted by molar-refractivity contribution is -0.606. The maximum Gasteiger partial charge on any atom is 0.412 e. The molecule has 0 aliphatic carbocycles. The third kappa shape index (κ3) is 4.65. The van der Waals surface area contributed by atoms with Crippen molar-refractivity contribution in [3.05, 3.63) is 69.6 Å². The van der Waals surface area contributed by atoms with E-state index in [4.69, 9.17) is 27.9 Å². The molecule has 1 aromatic carbocycles. The first-order chi connectivity index (χ1) is 10.6. The van der Waals surface area contributed by atoms with Gasteiger partial charge in [0, 0.05) is 12.1 Å². The monoisotopic (exact) mass is 338 g/mol. The number of aromatic nitrogens is 1. The van der Waals surface area contributed by atoms with E-state index in [2.05, 4.69) is 5.32 Å². The average Bonchev–Trinajstić information content (AvgIpc) is 2.49. The SMILES string of the molecule is O=C(Nc1ccc[n+]([O-])c1C=C(Cl)Cl)OCc1ccccc1. The van der Waals surface area contributed by atoms with Gasteiger partial charge in [-0.1, -0.05) is 53.5 Å². The zero-order chi connectivity index (χ0) is 15.9. The maximum absolute atomic E-state index is 11.8. The predicted octanol–water partition coefficient (Wildman–Crippen LogP) is 3.84. The van der Waals surface area contributed by atoms with Crippen LogP contribution in [0.4, 0.5) is 10.5 Å². The standard InChI is InChI=1S/C15H12Cl2N2O3/c16-14(17)9-13-12(7-4-8-19(13)21)18-15(20)22-10-11-5-2-1-3-6-11/h1-9H,10H2,(H,18,20). The molecule has 0 aliphatic rings. The van der Waals surface area contributed by atoms with Crippen LogP contribution in [0.3, 0.4) is 0 Å². The molecule has 1 N–H and O–H groups in total. The Kier molecular flexibility index (Phi) is 5.63. The Labute approximate surface area is 137 Å². The predicted molar refractivity (Wildman–Crippen MR) is 85.3 cm³/mol. The van der Waals surface area contributed by atoms with E-state index < -0.39 is 6.09 Å². The summed E-state index contributed by atoms with van der Waals surface area (Å²) in [5.41, 5.74) is 1.21. The maximum atomic E-state index is 11.8. The van der Waals surface area contributed by atoms with Crippen LogP contribution < -0.4 is 10.0 Å². The molecule has 2 rings (SSSR count). The molecule has 7 heteroatoms. The summed E-state index contributed by atoms with van der Waals surface area (Å²) in [6.07, 6.45) is 1.82. The van der Waals surface area contributed by atoms with E-state index in [0.717, 1.165) is 5.56 Å². The highest BCUT2D eigenvalue weighted by Crippen LogP contribution is 2.18. The molecule has 0 saturated carbocycles. The molecule has 114 valence electrons. The van der Waals surface area contributed by atoms with Crippen LogP contribution in [-0.2, 0) is 11.3 Å². The van der Waals surface area contributed by atoms with Crippen LogP contribution in [-0.4, -0.2) is 6.09 Å². The third-order valence-electron chi connectivity index (χ3n) is 2.69. The number of carbonyl (C=O) groups is 1. The summed E-state index contributed by atoms with van der Waals surface area (Å²) in [5.74, 6) is 0. The van der Waals surface area contributed by atoms with E-state index in [1.807, 2.05) is 30.3 Å². The molecule has 0 atom stereocenters. The summed E-state index contributed by atoms with van der Waals surface area (Å²) in [4.78, 5) is 11.8. The number of ether oxygens (including phenoxy) is 1. The van der Waals surface area contributed by atoms with Crippen LogP contribution in [0.15, 0.2) is 53.2 Å². The average molecular weight is 339 g/mol. The molecule has 22 heavy (non-hydrogen) atoms. The van der Waals surface area contributed by atoms with Crippen molar-refractivity contribution >= 4 is 41.1 Å². The number of pyridine rings is 1. The summed E-state index contributed by atoms with van der Waals surface area (Å²) in [7, 11) is 0. The highest BCUT2D eigenvalue weighted by molar-refractivity contribution is 6.57. The van der Waals surface area contributed by atoms with Gasteiger partial charge >= 0.3 is 6.09 Å². The lowest BCUT2D eigenvalue weighted by atomic mass is 10.2. The van der Waals surface area contributed by atoms with Gasteiger partial charge in [-0.15, -0.1) is 0 Å². The molecule has 1 aromatic heterocycles. The quantitative estimate of drug-likeness (QED) is 0.680. The Morgan fingerprint density at radius 3 is 2.64 bits per heavy atom. The van der Waals surface area contributed by atoms with Gasteiger partial charge in [-0.2, -0.15) is 4.73 Å². The van der Waals surface area contributed by atoms with Crippen molar-refractivity contribution in [2.24, 2.45) is 0 Å². The van der Waals surface area contributed by atoms with Crippen LogP contribution in [0.1, 0.15) is 11.3 Å². The minimum atomic E-state index is -0.685. The number of hydrogen-bond donors (Lipinski definition) is 1. The van der Waals surface area contributed by atoms with Gasteiger partial charge in [0.1, 0.15) is 16.8 Å². The molecule has 0 radical (unpaired) electrons. The smallest absolute Gasteiger partial charge is 0.412 e. The second kappa shape index (κ2) is 7.68. The molecular formula is C15H12Cl2N2O3. The van der Waals surface area contributed by atoms with Crippen LogP contribution in [0, 0.1) is 5.21 Å². The van der Waals surface area contributed by atoms with Crippen LogP contribution in [0.25, 0.3) is 6.08 Å². The Morgan fingerprint density at radius 2 is 1.95 bits per heavy atom. The number of amides is 1. The van der Waals surface area contributed by atoms with Crippen molar-refractivity contribution in [2.75, 3.05) is 5.32 Å². The molecular weight excluding hydrogens is 327 g/mol. The molecule has 0 fully saturated rings. The first kappa shape index (κ1) is 16.1. The van der Waals surface area contributed by atoms with Gasteiger partial charge in [0.2, 0.25) is 5.69 Å². The number of nitrogens with zero attached hydrogens (tertiary/aromatic N) is 1. The van der Waals surface area contributed by atoms with Gasteiger partial charge in [0.05, 0.1) is 0 Å². The van der Waals surface area contributed by atoms with Crippen LogP contribution in [0.2, 0.25) is 0 Å². The van der Waals surface area contributed by atoms with Crippen LogP contribution >= 0.6 is 23.2 Å².